The third-order valence-electron chi connectivity index (χ3n) is 3.03. The van der Waals surface area contributed by atoms with Gasteiger partial charge >= 0.3 is 5.91 Å². The Hall–Kier alpha value is -1.87. The van der Waals surface area contributed by atoms with Gasteiger partial charge in [0.1, 0.15) is 0 Å². The minimum atomic E-state index is -3.18. The van der Waals surface area contributed by atoms with Gasteiger partial charge in [-0.25, -0.2) is 8.42 Å². The highest BCUT2D eigenvalue weighted by atomic mass is 32.2. The number of nitrogens with zero attached hydrogens (tertiary/aromatic N) is 2. The lowest BCUT2D eigenvalue weighted by Gasteiger charge is -2.20. The summed E-state index contributed by atoms with van der Waals surface area (Å²) in [4.78, 5) is 12.8. The zero-order valence-corrected chi connectivity index (χ0v) is 10.7. The summed E-state index contributed by atoms with van der Waals surface area (Å²) in [6, 6.07) is 6.26. The molecule has 5 nitrogen and oxygen atoms in total. The van der Waals surface area contributed by atoms with Gasteiger partial charge in [-0.1, -0.05) is 0 Å². The highest BCUT2D eigenvalue weighted by Gasteiger charge is 2.24. The van der Waals surface area contributed by atoms with Crippen LogP contribution in [0.25, 0.3) is 0 Å². The molecule has 0 fully saturated rings. The third-order valence-corrected chi connectivity index (χ3v) is 4.92. The van der Waals surface area contributed by atoms with E-state index in [1.54, 1.807) is 12.1 Å². The number of amides is 1. The van der Waals surface area contributed by atoms with Crippen LogP contribution in [0.1, 0.15) is 12.0 Å². The van der Waals surface area contributed by atoms with E-state index in [-0.39, 0.29) is 5.75 Å². The number of carbonyl (C=O) groups excluding carboxylic acids is 1. The van der Waals surface area contributed by atoms with Gasteiger partial charge in [-0.15, -0.1) is 0 Å². The quantitative estimate of drug-likeness (QED) is 0.706. The van der Waals surface area contributed by atoms with Crippen LogP contribution in [0.5, 0.6) is 0 Å². The number of anilines is 1. The zero-order valence-electron chi connectivity index (χ0n) is 9.88. The van der Waals surface area contributed by atoms with Gasteiger partial charge < -0.3 is 4.90 Å². The molecule has 18 heavy (non-hydrogen) atoms. The molecule has 0 saturated heterocycles. The maximum absolute atomic E-state index is 11.8. The summed E-state index contributed by atoms with van der Waals surface area (Å²) < 4.78 is 23.6. The lowest BCUT2D eigenvalue weighted by molar-refractivity contribution is -0.113. The van der Waals surface area contributed by atoms with E-state index >= 15 is 0 Å². The molecular formula is C12H12N2O3S. The van der Waals surface area contributed by atoms with Crippen LogP contribution < -0.4 is 4.90 Å². The summed E-state index contributed by atoms with van der Waals surface area (Å²) in [7, 11) is -1.69. The van der Waals surface area contributed by atoms with Gasteiger partial charge in [-0.3, -0.25) is 4.79 Å². The van der Waals surface area contributed by atoms with Crippen LogP contribution in [0.2, 0.25) is 0 Å². The molecule has 0 aliphatic carbocycles. The minimum Gasteiger partial charge on any atom is -0.303 e. The predicted octanol–water partition coefficient (Wildman–Crippen LogP) is 0.893. The lowest BCUT2D eigenvalue weighted by atomic mass is 10.1. The molecule has 0 radical (unpaired) electrons. The van der Waals surface area contributed by atoms with E-state index in [9.17, 15) is 13.2 Å². The fourth-order valence-electron chi connectivity index (χ4n) is 2.03. The highest BCUT2D eigenvalue weighted by Crippen LogP contribution is 2.28. The first-order valence-corrected chi connectivity index (χ1v) is 7.14. The van der Waals surface area contributed by atoms with Gasteiger partial charge in [0, 0.05) is 12.7 Å². The SMILES string of the molecule is CN(C(=O)C#N)c1ccc2c(c1)CCCS2(=O)=O. The van der Waals surface area contributed by atoms with Crippen LogP contribution in [-0.2, 0) is 21.1 Å². The van der Waals surface area contributed by atoms with E-state index in [1.807, 2.05) is 0 Å². The molecule has 1 aromatic rings. The Morgan fingerprint density at radius 3 is 2.83 bits per heavy atom. The largest absolute Gasteiger partial charge is 0.329 e. The van der Waals surface area contributed by atoms with Crippen LogP contribution in [0.15, 0.2) is 23.1 Å². The Balaban J connectivity index is 2.46. The second kappa shape index (κ2) is 4.42. The third kappa shape index (κ3) is 2.09. The molecule has 0 spiro atoms. The van der Waals surface area contributed by atoms with Crippen molar-refractivity contribution in [1.82, 2.24) is 0 Å². The van der Waals surface area contributed by atoms with Crippen molar-refractivity contribution in [3.05, 3.63) is 23.8 Å². The Morgan fingerprint density at radius 2 is 2.17 bits per heavy atom. The summed E-state index contributed by atoms with van der Waals surface area (Å²) in [6.45, 7) is 0. The van der Waals surface area contributed by atoms with E-state index < -0.39 is 15.7 Å². The van der Waals surface area contributed by atoms with Gasteiger partial charge in [0.25, 0.3) is 0 Å². The molecule has 0 saturated carbocycles. The van der Waals surface area contributed by atoms with Crippen LogP contribution in [-0.4, -0.2) is 27.1 Å². The van der Waals surface area contributed by atoms with Crippen molar-refractivity contribution in [2.45, 2.75) is 17.7 Å². The maximum atomic E-state index is 11.8. The fourth-order valence-corrected chi connectivity index (χ4v) is 3.61. The minimum absolute atomic E-state index is 0.173. The Bertz CT molecular complexity index is 644. The van der Waals surface area contributed by atoms with Crippen molar-refractivity contribution in [3.63, 3.8) is 0 Å². The average Bonchev–Trinajstić information content (AvgIpc) is 2.36. The van der Waals surface area contributed by atoms with Crippen molar-refractivity contribution in [2.24, 2.45) is 0 Å². The van der Waals surface area contributed by atoms with E-state index in [0.29, 0.717) is 23.4 Å². The topological polar surface area (TPSA) is 78.2 Å². The molecule has 0 bridgehead atoms. The summed E-state index contributed by atoms with van der Waals surface area (Å²) >= 11 is 0. The van der Waals surface area contributed by atoms with Gasteiger partial charge in [-0.2, -0.15) is 5.26 Å². The highest BCUT2D eigenvalue weighted by molar-refractivity contribution is 7.91. The van der Waals surface area contributed by atoms with Gasteiger partial charge in [-0.05, 0) is 36.6 Å². The molecule has 1 aromatic carbocycles. The maximum Gasteiger partial charge on any atom is 0.329 e. The first-order chi connectivity index (χ1) is 8.45. The summed E-state index contributed by atoms with van der Waals surface area (Å²) in [6.07, 6.45) is 1.27. The number of hydrogen-bond acceptors (Lipinski definition) is 4. The van der Waals surface area contributed by atoms with Crippen molar-refractivity contribution < 1.29 is 13.2 Å². The van der Waals surface area contributed by atoms with Crippen molar-refractivity contribution in [3.8, 4) is 6.07 Å². The van der Waals surface area contributed by atoms with Gasteiger partial charge in [0.2, 0.25) is 0 Å². The molecule has 1 aliphatic rings. The summed E-state index contributed by atoms with van der Waals surface area (Å²) in [5.74, 6) is -0.500. The second-order valence-corrected chi connectivity index (χ2v) is 6.27. The van der Waals surface area contributed by atoms with E-state index in [4.69, 9.17) is 5.26 Å². The summed E-state index contributed by atoms with van der Waals surface area (Å²) in [5, 5.41) is 8.55. The number of fused-ring (bicyclic) bond motifs is 1. The summed E-state index contributed by atoms with van der Waals surface area (Å²) in [5.41, 5.74) is 1.26. The number of nitriles is 1. The number of rotatable bonds is 1. The number of aryl methyl sites for hydroxylation is 1. The molecule has 0 N–H and O–H groups in total. The first-order valence-electron chi connectivity index (χ1n) is 5.49. The zero-order chi connectivity index (χ0) is 13.3. The van der Waals surface area contributed by atoms with E-state index in [0.717, 1.165) is 5.56 Å². The Morgan fingerprint density at radius 1 is 1.44 bits per heavy atom. The average molecular weight is 264 g/mol. The molecule has 0 unspecified atom stereocenters. The van der Waals surface area contributed by atoms with Crippen LogP contribution in [0.4, 0.5) is 5.69 Å². The number of hydrogen-bond donors (Lipinski definition) is 0. The van der Waals surface area contributed by atoms with Crippen molar-refractivity contribution >= 4 is 21.4 Å². The molecule has 1 amide bonds. The molecular weight excluding hydrogens is 252 g/mol. The van der Waals surface area contributed by atoms with E-state index in [1.165, 1.54) is 24.1 Å². The Kier molecular flexibility index (Phi) is 3.09. The molecule has 0 atom stereocenters. The standard InChI is InChI=1S/C12H12N2O3S/c1-14(12(15)8-13)10-4-5-11-9(7-10)3-2-6-18(11,16)17/h4-5,7H,2-3,6H2,1H3. The van der Waals surface area contributed by atoms with Crippen molar-refractivity contribution in [1.29, 1.82) is 5.26 Å². The molecule has 1 aliphatic heterocycles. The smallest absolute Gasteiger partial charge is 0.303 e. The second-order valence-electron chi connectivity index (χ2n) is 4.19. The lowest BCUT2D eigenvalue weighted by Crippen LogP contribution is -2.25. The van der Waals surface area contributed by atoms with Crippen molar-refractivity contribution in [2.75, 3.05) is 17.7 Å². The molecule has 1 heterocycles. The van der Waals surface area contributed by atoms with Crippen LogP contribution >= 0.6 is 0 Å². The van der Waals surface area contributed by atoms with Gasteiger partial charge in [0.15, 0.2) is 15.9 Å². The monoisotopic (exact) mass is 264 g/mol. The van der Waals surface area contributed by atoms with Gasteiger partial charge in [0.05, 0.1) is 10.6 Å². The van der Waals surface area contributed by atoms with Crippen LogP contribution in [0, 0.1) is 11.3 Å². The Labute approximate surface area is 106 Å². The molecule has 94 valence electrons. The first kappa shape index (κ1) is 12.6. The molecule has 6 heteroatoms. The number of benzene rings is 1. The predicted molar refractivity (Wildman–Crippen MR) is 65.8 cm³/mol. The fraction of sp³-hybridized carbons (Fsp3) is 0.333. The molecule has 2 rings (SSSR count). The normalized spacial score (nSPS) is 16.4. The number of carbonyl (C=O) groups is 1. The number of sulfone groups is 1. The van der Waals surface area contributed by atoms with Crippen LogP contribution in [0.3, 0.4) is 0 Å². The van der Waals surface area contributed by atoms with E-state index in [2.05, 4.69) is 0 Å². The molecule has 0 aromatic heterocycles.